The SMILES string of the molecule is CCCNS(=O)(=O)c1ccc(-c2c(C)cccc2OC)c(C(C)C)c1. The molecule has 0 atom stereocenters. The van der Waals surface area contributed by atoms with Crippen LogP contribution in [0.25, 0.3) is 11.1 Å². The van der Waals surface area contributed by atoms with Gasteiger partial charge in [-0.3, -0.25) is 0 Å². The maximum atomic E-state index is 12.5. The molecule has 0 fully saturated rings. The number of methoxy groups -OCH3 is 1. The van der Waals surface area contributed by atoms with E-state index in [9.17, 15) is 8.42 Å². The quantitative estimate of drug-likeness (QED) is 0.791. The Morgan fingerprint density at radius 1 is 1.16 bits per heavy atom. The maximum Gasteiger partial charge on any atom is 0.240 e. The molecule has 0 aliphatic carbocycles. The van der Waals surface area contributed by atoms with E-state index < -0.39 is 10.0 Å². The molecule has 5 heteroatoms. The molecule has 0 saturated carbocycles. The van der Waals surface area contributed by atoms with Gasteiger partial charge in [0.05, 0.1) is 12.0 Å². The molecule has 0 bridgehead atoms. The van der Waals surface area contributed by atoms with Crippen LogP contribution in [0, 0.1) is 6.92 Å². The Labute approximate surface area is 151 Å². The lowest BCUT2D eigenvalue weighted by atomic mass is 9.90. The first-order valence-corrected chi connectivity index (χ1v) is 10.1. The number of benzene rings is 2. The van der Waals surface area contributed by atoms with Crippen molar-refractivity contribution in [3.05, 3.63) is 47.5 Å². The fourth-order valence-corrected chi connectivity index (χ4v) is 4.06. The Bertz CT molecular complexity index is 842. The summed E-state index contributed by atoms with van der Waals surface area (Å²) >= 11 is 0. The molecule has 0 spiro atoms. The average molecular weight is 362 g/mol. The van der Waals surface area contributed by atoms with Crippen LogP contribution in [0.1, 0.15) is 44.2 Å². The lowest BCUT2D eigenvalue weighted by Gasteiger charge is -2.19. The van der Waals surface area contributed by atoms with Crippen molar-refractivity contribution in [3.63, 3.8) is 0 Å². The van der Waals surface area contributed by atoms with Gasteiger partial charge in [0.2, 0.25) is 10.0 Å². The van der Waals surface area contributed by atoms with Gasteiger partial charge in [-0.1, -0.05) is 39.0 Å². The van der Waals surface area contributed by atoms with Crippen LogP contribution in [-0.4, -0.2) is 22.1 Å². The summed E-state index contributed by atoms with van der Waals surface area (Å²) in [7, 11) is -1.83. The fraction of sp³-hybridized carbons (Fsp3) is 0.400. The van der Waals surface area contributed by atoms with Gasteiger partial charge in [-0.2, -0.15) is 0 Å². The molecule has 1 N–H and O–H groups in total. The zero-order valence-corrected chi connectivity index (χ0v) is 16.4. The molecular weight excluding hydrogens is 334 g/mol. The summed E-state index contributed by atoms with van der Waals surface area (Å²) in [5, 5.41) is 0. The Morgan fingerprint density at radius 3 is 2.48 bits per heavy atom. The highest BCUT2D eigenvalue weighted by Gasteiger charge is 2.20. The van der Waals surface area contributed by atoms with Gasteiger partial charge in [-0.25, -0.2) is 13.1 Å². The molecule has 0 saturated heterocycles. The molecule has 25 heavy (non-hydrogen) atoms. The summed E-state index contributed by atoms with van der Waals surface area (Å²) in [5.41, 5.74) is 4.12. The number of ether oxygens (including phenoxy) is 1. The summed E-state index contributed by atoms with van der Waals surface area (Å²) < 4.78 is 33.1. The van der Waals surface area contributed by atoms with Crippen LogP contribution in [-0.2, 0) is 10.0 Å². The topological polar surface area (TPSA) is 55.4 Å². The minimum absolute atomic E-state index is 0.181. The average Bonchev–Trinajstić information content (AvgIpc) is 2.59. The van der Waals surface area contributed by atoms with Crippen molar-refractivity contribution in [2.24, 2.45) is 0 Å². The number of aryl methyl sites for hydroxylation is 1. The lowest BCUT2D eigenvalue weighted by molar-refractivity contribution is 0.416. The third-order valence-corrected chi connectivity index (χ3v) is 5.68. The summed E-state index contributed by atoms with van der Waals surface area (Å²) in [6, 6.07) is 11.3. The largest absolute Gasteiger partial charge is 0.496 e. The molecule has 136 valence electrons. The second-order valence-electron chi connectivity index (χ2n) is 6.45. The highest BCUT2D eigenvalue weighted by Crippen LogP contribution is 2.38. The van der Waals surface area contributed by atoms with Crippen LogP contribution in [0.4, 0.5) is 0 Å². The maximum absolute atomic E-state index is 12.5. The second-order valence-corrected chi connectivity index (χ2v) is 8.22. The lowest BCUT2D eigenvalue weighted by Crippen LogP contribution is -2.24. The Morgan fingerprint density at radius 2 is 1.88 bits per heavy atom. The predicted molar refractivity (Wildman–Crippen MR) is 103 cm³/mol. The van der Waals surface area contributed by atoms with Crippen LogP contribution in [0.15, 0.2) is 41.3 Å². The molecule has 2 aromatic carbocycles. The highest BCUT2D eigenvalue weighted by molar-refractivity contribution is 7.89. The van der Waals surface area contributed by atoms with E-state index in [1.165, 1.54) is 0 Å². The Hall–Kier alpha value is -1.85. The van der Waals surface area contributed by atoms with Crippen molar-refractivity contribution in [1.29, 1.82) is 0 Å². The van der Waals surface area contributed by atoms with E-state index in [1.54, 1.807) is 19.2 Å². The second kappa shape index (κ2) is 8.02. The van der Waals surface area contributed by atoms with Gasteiger partial charge < -0.3 is 4.74 Å². The van der Waals surface area contributed by atoms with Gasteiger partial charge in [0.15, 0.2) is 0 Å². The molecule has 0 heterocycles. The van der Waals surface area contributed by atoms with Crippen LogP contribution in [0.2, 0.25) is 0 Å². The molecule has 0 amide bonds. The molecular formula is C20H27NO3S. The normalized spacial score (nSPS) is 11.8. The number of sulfonamides is 1. The minimum atomic E-state index is -3.48. The van der Waals surface area contributed by atoms with Gasteiger partial charge in [-0.05, 0) is 54.2 Å². The fourth-order valence-electron chi connectivity index (χ4n) is 2.89. The van der Waals surface area contributed by atoms with Crippen molar-refractivity contribution >= 4 is 10.0 Å². The first kappa shape index (κ1) is 19.5. The van der Waals surface area contributed by atoms with E-state index >= 15 is 0 Å². The Kier molecular flexibility index (Phi) is 6.25. The van der Waals surface area contributed by atoms with Gasteiger partial charge in [-0.15, -0.1) is 0 Å². The van der Waals surface area contributed by atoms with Gasteiger partial charge in [0.1, 0.15) is 5.75 Å². The van der Waals surface area contributed by atoms with Crippen molar-refractivity contribution in [1.82, 2.24) is 4.72 Å². The highest BCUT2D eigenvalue weighted by atomic mass is 32.2. The standard InChI is InChI=1S/C20H27NO3S/c1-6-12-21-25(22,23)16-10-11-17(18(13-16)14(2)3)20-15(4)8-7-9-19(20)24-5/h7-11,13-14,21H,6,12H2,1-5H3. The summed E-state index contributed by atoms with van der Waals surface area (Å²) in [6.07, 6.45) is 0.759. The smallest absolute Gasteiger partial charge is 0.240 e. The monoisotopic (exact) mass is 361 g/mol. The molecule has 0 aliphatic heterocycles. The molecule has 0 radical (unpaired) electrons. The van der Waals surface area contributed by atoms with E-state index in [0.29, 0.717) is 11.4 Å². The predicted octanol–water partition coefficient (Wildman–Crippen LogP) is 4.48. The van der Waals surface area contributed by atoms with Crippen molar-refractivity contribution in [2.45, 2.75) is 44.9 Å². The zero-order valence-electron chi connectivity index (χ0n) is 15.6. The van der Waals surface area contributed by atoms with E-state index in [2.05, 4.69) is 18.6 Å². The molecule has 2 rings (SSSR count). The Balaban J connectivity index is 2.63. The third-order valence-electron chi connectivity index (χ3n) is 4.22. The number of rotatable bonds is 7. The van der Waals surface area contributed by atoms with E-state index in [0.717, 1.165) is 34.4 Å². The van der Waals surface area contributed by atoms with Crippen molar-refractivity contribution in [3.8, 4) is 16.9 Å². The molecule has 4 nitrogen and oxygen atoms in total. The summed E-state index contributed by atoms with van der Waals surface area (Å²) in [5.74, 6) is 0.974. The molecule has 0 aromatic heterocycles. The van der Waals surface area contributed by atoms with E-state index in [-0.39, 0.29) is 5.92 Å². The first-order valence-electron chi connectivity index (χ1n) is 8.59. The van der Waals surface area contributed by atoms with Crippen molar-refractivity contribution < 1.29 is 13.2 Å². The third kappa shape index (κ3) is 4.22. The summed E-state index contributed by atoms with van der Waals surface area (Å²) in [4.78, 5) is 0.306. The molecule has 0 unspecified atom stereocenters. The number of hydrogen-bond donors (Lipinski definition) is 1. The first-order chi connectivity index (χ1) is 11.8. The van der Waals surface area contributed by atoms with Gasteiger partial charge in [0, 0.05) is 12.1 Å². The van der Waals surface area contributed by atoms with Gasteiger partial charge in [0.25, 0.3) is 0 Å². The van der Waals surface area contributed by atoms with Crippen molar-refractivity contribution in [2.75, 3.05) is 13.7 Å². The van der Waals surface area contributed by atoms with Crippen LogP contribution >= 0.6 is 0 Å². The van der Waals surface area contributed by atoms with E-state index in [1.807, 2.05) is 38.1 Å². The zero-order chi connectivity index (χ0) is 18.6. The minimum Gasteiger partial charge on any atom is -0.496 e. The van der Waals surface area contributed by atoms with Crippen LogP contribution < -0.4 is 9.46 Å². The number of hydrogen-bond acceptors (Lipinski definition) is 3. The van der Waals surface area contributed by atoms with E-state index in [4.69, 9.17) is 4.74 Å². The molecule has 2 aromatic rings. The summed E-state index contributed by atoms with van der Waals surface area (Å²) in [6.45, 7) is 8.55. The number of nitrogens with one attached hydrogen (secondary N) is 1. The van der Waals surface area contributed by atoms with Gasteiger partial charge >= 0.3 is 0 Å². The van der Waals surface area contributed by atoms with Crippen LogP contribution in [0.5, 0.6) is 5.75 Å². The molecule has 0 aliphatic rings. The van der Waals surface area contributed by atoms with Crippen LogP contribution in [0.3, 0.4) is 0 Å².